The first-order valence-corrected chi connectivity index (χ1v) is 10.6. The van der Waals surface area contributed by atoms with Crippen LogP contribution >= 0.6 is 0 Å². The lowest BCUT2D eigenvalue weighted by molar-refractivity contribution is -0.116. The highest BCUT2D eigenvalue weighted by molar-refractivity contribution is 5.94. The Bertz CT molecular complexity index is 1320. The average Bonchev–Trinajstić information content (AvgIpc) is 3.37. The number of hydrogen-bond acceptors (Lipinski definition) is 7. The Morgan fingerprint density at radius 2 is 2.12 bits per heavy atom. The van der Waals surface area contributed by atoms with Gasteiger partial charge in [0.1, 0.15) is 23.1 Å². The second kappa shape index (κ2) is 8.42. The normalized spacial score (nSPS) is 15.0. The number of likely N-dealkylation sites (N-methyl/N-ethyl adjacent to an activating group) is 1. The molecule has 0 aliphatic carbocycles. The van der Waals surface area contributed by atoms with Crippen LogP contribution < -0.4 is 20.1 Å². The summed E-state index contributed by atoms with van der Waals surface area (Å²) < 4.78 is 11.4. The number of rotatable bonds is 6. The summed E-state index contributed by atoms with van der Waals surface area (Å²) in [6.45, 7) is 0.513. The largest absolute Gasteiger partial charge is 0.497 e. The van der Waals surface area contributed by atoms with Gasteiger partial charge in [0.05, 0.1) is 37.9 Å². The van der Waals surface area contributed by atoms with Gasteiger partial charge in [0.25, 0.3) is 0 Å². The predicted molar refractivity (Wildman–Crippen MR) is 125 cm³/mol. The molecular weight excluding hydrogens is 420 g/mol. The number of amides is 1. The molecule has 0 radical (unpaired) electrons. The molecule has 3 heterocycles. The number of nitrogens with two attached hydrogens (primary N) is 1. The van der Waals surface area contributed by atoms with Crippen LogP contribution in [0.4, 0.5) is 5.82 Å². The lowest BCUT2D eigenvalue weighted by Gasteiger charge is -2.26. The molecule has 0 spiro atoms. The molecule has 9 heteroatoms. The summed E-state index contributed by atoms with van der Waals surface area (Å²) in [4.78, 5) is 23.2. The Morgan fingerprint density at radius 1 is 1.24 bits per heavy atom. The van der Waals surface area contributed by atoms with E-state index < -0.39 is 5.91 Å². The number of anilines is 1. The van der Waals surface area contributed by atoms with E-state index in [1.807, 2.05) is 42.6 Å². The predicted octanol–water partition coefficient (Wildman–Crippen LogP) is 2.67. The van der Waals surface area contributed by atoms with Crippen molar-refractivity contribution in [3.8, 4) is 22.6 Å². The smallest absolute Gasteiger partial charge is 0.236 e. The topological polar surface area (TPSA) is 119 Å². The molecule has 1 aliphatic rings. The van der Waals surface area contributed by atoms with E-state index in [0.29, 0.717) is 18.2 Å². The van der Waals surface area contributed by atoms with Gasteiger partial charge in [-0.05, 0) is 47.9 Å². The summed E-state index contributed by atoms with van der Waals surface area (Å²) in [5, 5.41) is 7.70. The minimum Gasteiger partial charge on any atom is -0.497 e. The van der Waals surface area contributed by atoms with Crippen LogP contribution in [-0.4, -0.2) is 53.4 Å². The minimum atomic E-state index is -0.432. The molecule has 0 bridgehead atoms. The first-order valence-electron chi connectivity index (χ1n) is 10.6. The lowest BCUT2D eigenvalue weighted by Crippen LogP contribution is -2.32. The maximum Gasteiger partial charge on any atom is 0.236 e. The number of H-pyrrole nitrogens is 1. The quantitative estimate of drug-likeness (QED) is 0.469. The Balaban J connectivity index is 1.58. The molecule has 0 unspecified atom stereocenters. The zero-order valence-electron chi connectivity index (χ0n) is 18.4. The number of primary amides is 1. The summed E-state index contributed by atoms with van der Waals surface area (Å²) in [5.41, 5.74) is 9.24. The molecule has 168 valence electrons. The highest BCUT2D eigenvalue weighted by atomic mass is 16.5. The number of nitrogens with one attached hydrogen (secondary N) is 1. The van der Waals surface area contributed by atoms with Crippen molar-refractivity contribution in [3.63, 3.8) is 0 Å². The molecule has 1 aliphatic heterocycles. The van der Waals surface area contributed by atoms with Gasteiger partial charge in [-0.15, -0.1) is 0 Å². The van der Waals surface area contributed by atoms with Crippen LogP contribution in [0.2, 0.25) is 0 Å². The molecule has 0 saturated carbocycles. The van der Waals surface area contributed by atoms with Crippen LogP contribution in [-0.2, 0) is 11.2 Å². The number of ether oxygens (including phenoxy) is 2. The Morgan fingerprint density at radius 3 is 2.88 bits per heavy atom. The highest BCUT2D eigenvalue weighted by Gasteiger charge is 2.26. The van der Waals surface area contributed by atoms with Crippen molar-refractivity contribution in [1.29, 1.82) is 0 Å². The van der Waals surface area contributed by atoms with Gasteiger partial charge >= 0.3 is 0 Å². The van der Waals surface area contributed by atoms with Crippen molar-refractivity contribution in [3.05, 3.63) is 60.2 Å². The standard InChI is InChI=1S/C24H24N6O3/c1-30(12-22(25)31)24-19-9-14(17-10-26-27-11-17)3-5-20(19)28-23(29-24)16-7-15-8-18(32-2)4-6-21(15)33-13-16/h3-6,8-11,16H,7,12-13H2,1-2H3,(H2,25,31)(H,26,27)/t16-/m1/s1. The van der Waals surface area contributed by atoms with E-state index in [0.717, 1.165) is 45.5 Å². The number of methoxy groups -OCH3 is 1. The summed E-state index contributed by atoms with van der Waals surface area (Å²) in [6, 6.07) is 11.8. The van der Waals surface area contributed by atoms with E-state index in [1.165, 1.54) is 0 Å². The number of hydrogen-bond donors (Lipinski definition) is 2. The Labute approximate surface area is 190 Å². The summed E-state index contributed by atoms with van der Waals surface area (Å²) in [5.74, 6) is 2.48. The minimum absolute atomic E-state index is 0.0386. The molecule has 2 aromatic heterocycles. The molecule has 33 heavy (non-hydrogen) atoms. The van der Waals surface area contributed by atoms with Crippen LogP contribution in [0.25, 0.3) is 22.0 Å². The Hall–Kier alpha value is -4.14. The fourth-order valence-corrected chi connectivity index (χ4v) is 4.16. The SMILES string of the molecule is COc1ccc2c(c1)C[C@@H](c1nc(N(C)CC(N)=O)c3cc(-c4cn[nH]c4)ccc3n1)CO2. The molecule has 4 aromatic rings. The third-order valence-electron chi connectivity index (χ3n) is 5.82. The van der Waals surface area contributed by atoms with Gasteiger partial charge in [-0.1, -0.05) is 6.07 Å². The van der Waals surface area contributed by atoms with Crippen LogP contribution in [0.5, 0.6) is 11.5 Å². The molecule has 3 N–H and O–H groups in total. The molecular formula is C24H24N6O3. The summed E-state index contributed by atoms with van der Waals surface area (Å²) >= 11 is 0. The monoisotopic (exact) mass is 444 g/mol. The van der Waals surface area contributed by atoms with Crippen molar-refractivity contribution < 1.29 is 14.3 Å². The lowest BCUT2D eigenvalue weighted by atomic mass is 9.95. The summed E-state index contributed by atoms with van der Waals surface area (Å²) in [6.07, 6.45) is 4.31. The molecule has 2 aromatic carbocycles. The molecule has 1 amide bonds. The summed E-state index contributed by atoms with van der Waals surface area (Å²) in [7, 11) is 3.45. The number of carbonyl (C=O) groups excluding carboxylic acids is 1. The molecule has 5 rings (SSSR count). The molecule has 0 saturated heterocycles. The second-order valence-corrected chi connectivity index (χ2v) is 8.13. The van der Waals surface area contributed by atoms with Crippen LogP contribution in [0.15, 0.2) is 48.8 Å². The van der Waals surface area contributed by atoms with E-state index >= 15 is 0 Å². The van der Waals surface area contributed by atoms with Gasteiger partial charge < -0.3 is 20.1 Å². The molecule has 0 fully saturated rings. The Kier molecular flexibility index (Phi) is 5.29. The highest BCUT2D eigenvalue weighted by Crippen LogP contribution is 2.36. The number of carbonyl (C=O) groups is 1. The molecule has 9 nitrogen and oxygen atoms in total. The van der Waals surface area contributed by atoms with Crippen LogP contribution in [0, 0.1) is 0 Å². The van der Waals surface area contributed by atoms with Crippen molar-refractivity contribution >= 4 is 22.6 Å². The first kappa shape index (κ1) is 20.7. The first-order chi connectivity index (χ1) is 16.0. The van der Waals surface area contributed by atoms with Gasteiger partial charge in [-0.25, -0.2) is 9.97 Å². The van der Waals surface area contributed by atoms with Gasteiger partial charge in [0.2, 0.25) is 5.91 Å². The van der Waals surface area contributed by atoms with Crippen LogP contribution in [0.1, 0.15) is 17.3 Å². The van der Waals surface area contributed by atoms with E-state index in [1.54, 1.807) is 25.3 Å². The van der Waals surface area contributed by atoms with Crippen molar-refractivity contribution in [1.82, 2.24) is 20.2 Å². The van der Waals surface area contributed by atoms with Crippen molar-refractivity contribution in [2.75, 3.05) is 32.2 Å². The zero-order chi connectivity index (χ0) is 22.9. The third-order valence-corrected chi connectivity index (χ3v) is 5.82. The maximum absolute atomic E-state index is 11.7. The second-order valence-electron chi connectivity index (χ2n) is 8.13. The van der Waals surface area contributed by atoms with Gasteiger partial charge in [-0.3, -0.25) is 9.89 Å². The van der Waals surface area contributed by atoms with Gasteiger partial charge in [-0.2, -0.15) is 5.10 Å². The van der Waals surface area contributed by atoms with Gasteiger partial charge in [0.15, 0.2) is 0 Å². The zero-order valence-corrected chi connectivity index (χ0v) is 18.4. The van der Waals surface area contributed by atoms with Gasteiger partial charge in [0, 0.05) is 24.2 Å². The molecule has 1 atom stereocenters. The van der Waals surface area contributed by atoms with E-state index in [9.17, 15) is 4.79 Å². The maximum atomic E-state index is 11.7. The van der Waals surface area contributed by atoms with E-state index in [-0.39, 0.29) is 12.5 Å². The number of benzene rings is 2. The fourth-order valence-electron chi connectivity index (χ4n) is 4.16. The number of aromatic nitrogens is 4. The number of fused-ring (bicyclic) bond motifs is 2. The van der Waals surface area contributed by atoms with Crippen molar-refractivity contribution in [2.24, 2.45) is 5.73 Å². The third kappa shape index (κ3) is 4.05. The van der Waals surface area contributed by atoms with Crippen molar-refractivity contribution in [2.45, 2.75) is 12.3 Å². The number of aromatic amines is 1. The van der Waals surface area contributed by atoms with E-state index in [2.05, 4.69) is 10.2 Å². The van der Waals surface area contributed by atoms with Crippen LogP contribution in [0.3, 0.4) is 0 Å². The average molecular weight is 444 g/mol. The number of nitrogens with zero attached hydrogens (tertiary/aromatic N) is 4. The van der Waals surface area contributed by atoms with E-state index in [4.69, 9.17) is 25.2 Å². The fraction of sp³-hybridized carbons (Fsp3) is 0.250.